The summed E-state index contributed by atoms with van der Waals surface area (Å²) in [5.41, 5.74) is 1.38. The normalized spacial score (nSPS) is 31.0. The molecule has 3 fully saturated rings. The Morgan fingerprint density at radius 1 is 1.19 bits per heavy atom. The second-order valence-corrected chi connectivity index (χ2v) is 9.69. The molecule has 1 unspecified atom stereocenters. The molecule has 3 heterocycles. The minimum absolute atomic E-state index is 0.00894. The summed E-state index contributed by atoms with van der Waals surface area (Å²) in [6.07, 6.45) is 3.17. The summed E-state index contributed by atoms with van der Waals surface area (Å²) in [4.78, 5) is 40.8. The van der Waals surface area contributed by atoms with Crippen molar-refractivity contribution in [2.24, 2.45) is 11.8 Å². The third-order valence-corrected chi connectivity index (χ3v) is 7.39. The van der Waals surface area contributed by atoms with Gasteiger partial charge in [-0.3, -0.25) is 14.4 Å². The van der Waals surface area contributed by atoms with Gasteiger partial charge >= 0.3 is 0 Å². The second kappa shape index (κ2) is 8.44. The number of amides is 2. The molecule has 1 aromatic carbocycles. The summed E-state index contributed by atoms with van der Waals surface area (Å²) in [6, 6.07) is 3.45. The van der Waals surface area contributed by atoms with Crippen LogP contribution in [0.4, 0.5) is 0 Å². The maximum absolute atomic E-state index is 13.7. The Morgan fingerprint density at radius 2 is 1.94 bits per heavy atom. The Hall–Kier alpha value is -2.52. The molecule has 10 heteroatoms. The molecule has 2 saturated heterocycles. The van der Waals surface area contributed by atoms with E-state index in [1.807, 2.05) is 0 Å². The van der Waals surface area contributed by atoms with Gasteiger partial charge in [-0.2, -0.15) is 0 Å². The first-order valence-electron chi connectivity index (χ1n) is 11.0. The van der Waals surface area contributed by atoms with E-state index in [-0.39, 0.29) is 36.7 Å². The third kappa shape index (κ3) is 3.77. The van der Waals surface area contributed by atoms with E-state index < -0.39 is 23.6 Å². The van der Waals surface area contributed by atoms with E-state index in [4.69, 9.17) is 21.0 Å². The molecular weight excluding hydrogens is 436 g/mol. The van der Waals surface area contributed by atoms with Gasteiger partial charge < -0.3 is 15.0 Å². The predicted molar refractivity (Wildman–Crippen MR) is 114 cm³/mol. The lowest BCUT2D eigenvalue weighted by Crippen LogP contribution is -2.55. The van der Waals surface area contributed by atoms with Crippen LogP contribution in [0.2, 0.25) is 0 Å². The van der Waals surface area contributed by atoms with Crippen LogP contribution in [0.25, 0.3) is 11.0 Å². The lowest BCUT2D eigenvalue weighted by molar-refractivity contribution is -0.139. The molecule has 0 bridgehead atoms. The fraction of sp³-hybridized carbons (Fsp3) is 0.591. The van der Waals surface area contributed by atoms with Gasteiger partial charge in [0.15, 0.2) is 5.78 Å². The highest BCUT2D eigenvalue weighted by molar-refractivity contribution is 6.22. The molecule has 1 aromatic heterocycles. The molecule has 0 radical (unpaired) electrons. The van der Waals surface area contributed by atoms with Crippen molar-refractivity contribution in [3.63, 3.8) is 0 Å². The highest BCUT2D eigenvalue weighted by Gasteiger charge is 2.53. The van der Waals surface area contributed by atoms with Crippen molar-refractivity contribution < 1.29 is 23.7 Å². The average molecular weight is 461 g/mol. The molecule has 3 aliphatic rings. The summed E-state index contributed by atoms with van der Waals surface area (Å²) in [6.45, 7) is 2.39. The first-order chi connectivity index (χ1) is 15.4. The van der Waals surface area contributed by atoms with Crippen molar-refractivity contribution in [3.05, 3.63) is 23.8 Å². The summed E-state index contributed by atoms with van der Waals surface area (Å²) >= 11 is 6.39. The molecule has 4 atom stereocenters. The standard InChI is InChI=1S/C22H25ClN4O5/c1-11-2-4-12(5-3-11)18(22(30)27-9-14(23)20-19(27)17(28)10-31-20)24-21(29)13-6-7-15-16(8-13)26-32-25-15/h6-8,11-12,14,18-20H,2-5,9-10H2,1H3,(H,24,29)/t11?,12?,14-,18?,19+,20+/m0/s1. The van der Waals surface area contributed by atoms with Gasteiger partial charge in [-0.15, -0.1) is 11.6 Å². The lowest BCUT2D eigenvalue weighted by atomic mass is 9.78. The van der Waals surface area contributed by atoms with Crippen molar-refractivity contribution in [3.8, 4) is 0 Å². The number of carbonyl (C=O) groups excluding carboxylic acids is 3. The molecule has 170 valence electrons. The smallest absolute Gasteiger partial charge is 0.252 e. The van der Waals surface area contributed by atoms with Gasteiger partial charge in [-0.25, -0.2) is 4.63 Å². The third-order valence-electron chi connectivity index (χ3n) is 7.01. The van der Waals surface area contributed by atoms with Crippen LogP contribution in [0.5, 0.6) is 0 Å². The Balaban J connectivity index is 1.40. The maximum Gasteiger partial charge on any atom is 0.252 e. The number of fused-ring (bicyclic) bond motifs is 2. The summed E-state index contributed by atoms with van der Waals surface area (Å²) in [7, 11) is 0. The number of nitrogens with one attached hydrogen (secondary N) is 1. The number of alkyl halides is 1. The van der Waals surface area contributed by atoms with E-state index in [1.165, 1.54) is 4.90 Å². The quantitative estimate of drug-likeness (QED) is 0.693. The molecule has 9 nitrogen and oxygen atoms in total. The second-order valence-electron chi connectivity index (χ2n) is 9.13. The predicted octanol–water partition coefficient (Wildman–Crippen LogP) is 1.93. The number of nitrogens with zero attached hydrogens (tertiary/aromatic N) is 3. The van der Waals surface area contributed by atoms with E-state index in [2.05, 4.69) is 22.6 Å². The van der Waals surface area contributed by atoms with Crippen LogP contribution in [0, 0.1) is 11.8 Å². The van der Waals surface area contributed by atoms with Crippen LogP contribution in [-0.2, 0) is 14.3 Å². The SMILES string of the molecule is CC1CCC(C(NC(=O)c2ccc3nonc3c2)C(=O)N2C[C@H](Cl)[C@H]3OCC(=O)[C@H]32)CC1. The first kappa shape index (κ1) is 21.3. The minimum Gasteiger partial charge on any atom is -0.366 e. The number of benzene rings is 1. The number of hydrogen-bond donors (Lipinski definition) is 1. The van der Waals surface area contributed by atoms with Gasteiger partial charge in [0.2, 0.25) is 5.91 Å². The Kier molecular flexibility index (Phi) is 5.63. The van der Waals surface area contributed by atoms with Gasteiger partial charge in [0.05, 0.1) is 5.38 Å². The number of rotatable bonds is 4. The van der Waals surface area contributed by atoms with Crippen LogP contribution in [-0.4, -0.2) is 69.5 Å². The number of Topliss-reactive ketones (excluding diaryl/α,β-unsaturated/α-hetero) is 1. The number of ketones is 1. The number of carbonyl (C=O) groups is 3. The fourth-order valence-electron chi connectivity index (χ4n) is 5.15. The molecule has 1 N–H and O–H groups in total. The first-order valence-corrected chi connectivity index (χ1v) is 11.5. The Morgan fingerprint density at radius 3 is 2.72 bits per heavy atom. The van der Waals surface area contributed by atoms with E-state index >= 15 is 0 Å². The monoisotopic (exact) mass is 460 g/mol. The van der Waals surface area contributed by atoms with Crippen LogP contribution in [0.15, 0.2) is 22.8 Å². The molecule has 1 saturated carbocycles. The average Bonchev–Trinajstić information content (AvgIpc) is 3.49. The van der Waals surface area contributed by atoms with Crippen LogP contribution in [0.1, 0.15) is 43.0 Å². The Bertz CT molecular complexity index is 1050. The summed E-state index contributed by atoms with van der Waals surface area (Å²) in [5, 5.41) is 10.0. The molecule has 32 heavy (non-hydrogen) atoms. The van der Waals surface area contributed by atoms with Crippen LogP contribution >= 0.6 is 11.6 Å². The number of aromatic nitrogens is 2. The molecule has 0 spiro atoms. The maximum atomic E-state index is 13.7. The molecule has 2 amide bonds. The number of hydrogen-bond acceptors (Lipinski definition) is 7. The largest absolute Gasteiger partial charge is 0.366 e. The molecule has 5 rings (SSSR count). The van der Waals surface area contributed by atoms with E-state index in [0.717, 1.165) is 25.7 Å². The van der Waals surface area contributed by atoms with Crippen molar-refractivity contribution in [2.45, 2.75) is 56.2 Å². The van der Waals surface area contributed by atoms with Crippen molar-refractivity contribution in [1.29, 1.82) is 0 Å². The van der Waals surface area contributed by atoms with Gasteiger partial charge in [-0.05, 0) is 53.2 Å². The lowest BCUT2D eigenvalue weighted by Gasteiger charge is -2.35. The topological polar surface area (TPSA) is 115 Å². The fourth-order valence-corrected chi connectivity index (χ4v) is 5.51. The van der Waals surface area contributed by atoms with Crippen molar-refractivity contribution in [1.82, 2.24) is 20.5 Å². The van der Waals surface area contributed by atoms with Gasteiger partial charge in [-0.1, -0.05) is 19.8 Å². The highest BCUT2D eigenvalue weighted by Crippen LogP contribution is 2.35. The molecule has 2 aliphatic heterocycles. The van der Waals surface area contributed by atoms with E-state index in [0.29, 0.717) is 22.5 Å². The molecule has 2 aromatic rings. The number of halogens is 1. The van der Waals surface area contributed by atoms with Crippen molar-refractivity contribution >= 4 is 40.2 Å². The zero-order valence-corrected chi connectivity index (χ0v) is 18.5. The van der Waals surface area contributed by atoms with Gasteiger partial charge in [0.25, 0.3) is 5.91 Å². The van der Waals surface area contributed by atoms with E-state index in [9.17, 15) is 14.4 Å². The number of ether oxygens (including phenoxy) is 1. The summed E-state index contributed by atoms with van der Waals surface area (Å²) in [5.74, 6) is -0.200. The van der Waals surface area contributed by atoms with Gasteiger partial charge in [0, 0.05) is 12.1 Å². The molecular formula is C22H25ClN4O5. The zero-order valence-electron chi connectivity index (χ0n) is 17.7. The minimum atomic E-state index is -0.739. The number of likely N-dealkylation sites (tertiary alicyclic amines) is 1. The van der Waals surface area contributed by atoms with Crippen LogP contribution < -0.4 is 5.32 Å². The van der Waals surface area contributed by atoms with Crippen LogP contribution in [0.3, 0.4) is 0 Å². The van der Waals surface area contributed by atoms with Gasteiger partial charge in [0.1, 0.15) is 35.8 Å². The van der Waals surface area contributed by atoms with E-state index in [1.54, 1.807) is 18.2 Å². The highest BCUT2D eigenvalue weighted by atomic mass is 35.5. The summed E-state index contributed by atoms with van der Waals surface area (Å²) < 4.78 is 10.2. The zero-order chi connectivity index (χ0) is 22.4. The van der Waals surface area contributed by atoms with Crippen molar-refractivity contribution in [2.75, 3.05) is 13.2 Å². The molecule has 1 aliphatic carbocycles. The Labute approximate surface area is 189 Å².